The lowest BCUT2D eigenvalue weighted by Gasteiger charge is -2.31. The second kappa shape index (κ2) is 20.3. The Labute approximate surface area is 422 Å². The topological polar surface area (TPSA) is 172 Å². The van der Waals surface area contributed by atoms with Gasteiger partial charge in [-0.05, 0) is 153 Å². The molecule has 1 aliphatic carbocycles. The minimum Gasteiger partial charge on any atom is -0.490 e. The maximum absolute atomic E-state index is 13.7. The summed E-state index contributed by atoms with van der Waals surface area (Å²) in [5, 5.41) is 22.3. The standard InChI is InChI=1S/C57H60N8O6S/c1-34-40(41-22-24-50(59-53(41)56(69)70)65-30-27-36-10-7-12-42(45(36)33-65)54(67)61-57-58-46-13-3-4-15-49(46)72-57)11-8-14-48(34)71-39-19-16-35(17-20-39)9-5-6-28-64-29-26-38(32-64)37-18-21-43-47(31-37)63(2)62-52(43)44-23-25-51(66)60-55(44)68/h3-4,7-8,10-15,18,21-22,24,31,35,38-39,44H,5-6,9,16-17,19-20,23,25-30,32-33H2,1-2H3,(H,69,70)(H,58,61,67)(H,60,66,68)/t35-,38-,39-,44?/m0/s1. The van der Waals surface area contributed by atoms with Gasteiger partial charge in [0.05, 0.1) is 33.4 Å². The molecule has 7 aromatic rings. The SMILES string of the molecule is Cc1c(O[C@H]2CC[C@H](CCCCN3CC[C@H](c4ccc5c(C6CCC(=O)NC6=O)nn(C)c5c4)C3)CC2)cccc1-c1ccc(N2CCc3cccc(C(=O)Nc4nc5ccccc5s4)c3C2)nc1C(=O)O. The predicted octanol–water partition coefficient (Wildman–Crippen LogP) is 10.2. The molecule has 3 amide bonds. The van der Waals surface area contributed by atoms with Gasteiger partial charge in [0.1, 0.15) is 11.6 Å². The van der Waals surface area contributed by atoms with E-state index in [2.05, 4.69) is 49.7 Å². The first-order chi connectivity index (χ1) is 35.0. The second-order valence-corrected chi connectivity index (χ2v) is 21.2. The Morgan fingerprint density at radius 1 is 0.875 bits per heavy atom. The lowest BCUT2D eigenvalue weighted by molar-refractivity contribution is -0.134. The van der Waals surface area contributed by atoms with Gasteiger partial charge >= 0.3 is 5.97 Å². The van der Waals surface area contributed by atoms with E-state index in [-0.39, 0.29) is 29.5 Å². The molecule has 2 atom stereocenters. The number of rotatable bonds is 14. The Hall–Kier alpha value is -6.97. The predicted molar refractivity (Wildman–Crippen MR) is 280 cm³/mol. The number of aromatic nitrogens is 4. The highest BCUT2D eigenvalue weighted by molar-refractivity contribution is 7.22. The summed E-state index contributed by atoms with van der Waals surface area (Å²) in [6, 6.07) is 29.8. The van der Waals surface area contributed by atoms with Crippen LogP contribution < -0.4 is 20.3 Å². The van der Waals surface area contributed by atoms with Gasteiger partial charge in [-0.2, -0.15) is 5.10 Å². The summed E-state index contributed by atoms with van der Waals surface area (Å²) < 4.78 is 9.57. The molecule has 1 saturated carbocycles. The number of hydrogen-bond donors (Lipinski definition) is 3. The van der Waals surface area contributed by atoms with Crippen molar-refractivity contribution >= 4 is 67.1 Å². The number of pyridine rings is 1. The second-order valence-electron chi connectivity index (χ2n) is 20.2. The first-order valence-corrected chi connectivity index (χ1v) is 26.4. The lowest BCUT2D eigenvalue weighted by atomic mass is 9.84. The molecule has 14 nitrogen and oxygen atoms in total. The molecule has 3 aromatic heterocycles. The third-order valence-corrected chi connectivity index (χ3v) is 16.6. The number of piperidine rings is 1. The molecule has 1 unspecified atom stereocenters. The van der Waals surface area contributed by atoms with Crippen molar-refractivity contribution in [3.63, 3.8) is 0 Å². The van der Waals surface area contributed by atoms with Gasteiger partial charge in [0, 0.05) is 49.6 Å². The first kappa shape index (κ1) is 47.4. The van der Waals surface area contributed by atoms with Crippen LogP contribution in [0.3, 0.4) is 0 Å². The number of aromatic carboxylic acids is 1. The first-order valence-electron chi connectivity index (χ1n) is 25.6. The van der Waals surface area contributed by atoms with Gasteiger partial charge in [-0.3, -0.25) is 29.7 Å². The quantitative estimate of drug-likeness (QED) is 0.0700. The molecule has 15 heteroatoms. The number of benzene rings is 4. The average molecular weight is 985 g/mol. The van der Waals surface area contributed by atoms with E-state index in [1.54, 1.807) is 0 Å². The van der Waals surface area contributed by atoms with Crippen molar-refractivity contribution in [1.82, 2.24) is 30.0 Å². The van der Waals surface area contributed by atoms with E-state index >= 15 is 0 Å². The van der Waals surface area contributed by atoms with Gasteiger partial charge in [-0.25, -0.2) is 14.8 Å². The third kappa shape index (κ3) is 9.71. The summed E-state index contributed by atoms with van der Waals surface area (Å²) in [6.45, 7) is 6.32. The molecule has 0 spiro atoms. The number of carboxylic acids is 1. The Kier molecular flexibility index (Phi) is 13.3. The number of hydrogen-bond acceptors (Lipinski definition) is 11. The highest BCUT2D eigenvalue weighted by Crippen LogP contribution is 2.39. The van der Waals surface area contributed by atoms with E-state index in [4.69, 9.17) is 14.8 Å². The van der Waals surface area contributed by atoms with Crippen LogP contribution in [-0.4, -0.2) is 85.7 Å². The number of fused-ring (bicyclic) bond motifs is 3. The highest BCUT2D eigenvalue weighted by Gasteiger charge is 2.33. The summed E-state index contributed by atoms with van der Waals surface area (Å²) in [5.41, 5.74) is 8.72. The monoisotopic (exact) mass is 984 g/mol. The molecule has 370 valence electrons. The van der Waals surface area contributed by atoms with Crippen LogP contribution in [0.2, 0.25) is 0 Å². The zero-order valence-corrected chi connectivity index (χ0v) is 41.7. The van der Waals surface area contributed by atoms with Crippen molar-refractivity contribution in [2.45, 2.75) is 102 Å². The number of aryl methyl sites for hydroxylation is 1. The number of carboxylic acid groups (broad SMARTS) is 1. The maximum Gasteiger partial charge on any atom is 0.355 e. The van der Waals surface area contributed by atoms with Crippen molar-refractivity contribution in [1.29, 1.82) is 0 Å². The fourth-order valence-electron chi connectivity index (χ4n) is 11.7. The van der Waals surface area contributed by atoms with Gasteiger partial charge in [0.25, 0.3) is 5.91 Å². The summed E-state index contributed by atoms with van der Waals surface area (Å²) in [4.78, 5) is 64.9. The number of anilines is 2. The Morgan fingerprint density at radius 2 is 1.72 bits per heavy atom. The molecule has 0 bridgehead atoms. The van der Waals surface area contributed by atoms with E-state index in [9.17, 15) is 24.3 Å². The fraction of sp³-hybridized carbons (Fsp3) is 0.386. The Bertz CT molecular complexity index is 3200. The lowest BCUT2D eigenvalue weighted by Crippen LogP contribution is -2.39. The Morgan fingerprint density at radius 3 is 2.56 bits per heavy atom. The van der Waals surface area contributed by atoms with Crippen molar-refractivity contribution in [2.24, 2.45) is 13.0 Å². The van der Waals surface area contributed by atoms with Crippen LogP contribution in [-0.2, 0) is 29.6 Å². The summed E-state index contributed by atoms with van der Waals surface area (Å²) in [7, 11) is 1.93. The zero-order chi connectivity index (χ0) is 49.5. The van der Waals surface area contributed by atoms with Gasteiger partial charge in [0.15, 0.2) is 10.8 Å². The number of unbranched alkanes of at least 4 members (excludes halogenated alkanes) is 1. The number of imide groups is 1. The highest BCUT2D eigenvalue weighted by atomic mass is 32.1. The van der Waals surface area contributed by atoms with E-state index < -0.39 is 11.9 Å². The molecule has 72 heavy (non-hydrogen) atoms. The van der Waals surface area contributed by atoms with Crippen molar-refractivity contribution < 1.29 is 29.0 Å². The molecule has 11 rings (SSSR count). The van der Waals surface area contributed by atoms with Crippen molar-refractivity contribution in [3.8, 4) is 16.9 Å². The number of amides is 3. The van der Waals surface area contributed by atoms with E-state index in [0.29, 0.717) is 66.3 Å². The van der Waals surface area contributed by atoms with Crippen LogP contribution in [0.4, 0.5) is 10.9 Å². The molecule has 3 aliphatic heterocycles. The van der Waals surface area contributed by atoms with Crippen molar-refractivity contribution in [3.05, 3.63) is 130 Å². The number of nitrogens with zero attached hydrogens (tertiary/aromatic N) is 6. The third-order valence-electron chi connectivity index (χ3n) is 15.7. The summed E-state index contributed by atoms with van der Waals surface area (Å²) in [6.07, 6.45) is 10.7. The van der Waals surface area contributed by atoms with Crippen LogP contribution in [0, 0.1) is 12.8 Å². The van der Waals surface area contributed by atoms with Gasteiger partial charge in [0.2, 0.25) is 11.8 Å². The number of thiazole rings is 1. The molecular weight excluding hydrogens is 925 g/mol. The molecule has 0 radical (unpaired) electrons. The summed E-state index contributed by atoms with van der Waals surface area (Å²) >= 11 is 1.44. The zero-order valence-electron chi connectivity index (χ0n) is 40.9. The molecule has 3 N–H and O–H groups in total. The molecule has 6 heterocycles. The number of para-hydroxylation sites is 1. The molecule has 2 saturated heterocycles. The number of ether oxygens (including phenoxy) is 1. The maximum atomic E-state index is 13.7. The van der Waals surface area contributed by atoms with Gasteiger partial charge in [-0.1, -0.05) is 72.7 Å². The van der Waals surface area contributed by atoms with E-state index in [1.807, 2.05) is 85.4 Å². The molecular formula is C57H60N8O6S. The van der Waals surface area contributed by atoms with Gasteiger partial charge in [-0.15, -0.1) is 0 Å². The van der Waals surface area contributed by atoms with E-state index in [1.165, 1.54) is 36.2 Å². The largest absolute Gasteiger partial charge is 0.490 e. The van der Waals surface area contributed by atoms with Gasteiger partial charge < -0.3 is 19.6 Å². The summed E-state index contributed by atoms with van der Waals surface area (Å²) in [5.74, 6) is 0.315. The minimum atomic E-state index is -1.10. The fourth-order valence-corrected chi connectivity index (χ4v) is 12.5. The molecule has 4 aliphatic rings. The van der Waals surface area contributed by atoms with Crippen LogP contribution in [0.25, 0.3) is 32.2 Å². The number of carbonyl (C=O) groups excluding carboxylic acids is 3. The van der Waals surface area contributed by atoms with E-state index in [0.717, 1.165) is 107 Å². The van der Waals surface area contributed by atoms with Crippen molar-refractivity contribution in [2.75, 3.05) is 36.4 Å². The number of carbonyl (C=O) groups is 4. The number of likely N-dealkylation sites (tertiary alicyclic amines) is 1. The molecule has 4 aromatic carbocycles. The average Bonchev–Trinajstić information content (AvgIpc) is 4.12. The van der Waals surface area contributed by atoms with Crippen LogP contribution in [0.1, 0.15) is 125 Å². The smallest absolute Gasteiger partial charge is 0.355 e. The Balaban J connectivity index is 0.662. The number of nitrogens with one attached hydrogen (secondary N) is 2. The van der Waals surface area contributed by atoms with Crippen LogP contribution >= 0.6 is 11.3 Å². The minimum absolute atomic E-state index is 0.0171. The normalized spacial score (nSPS) is 20.4. The van der Waals surface area contributed by atoms with Crippen LogP contribution in [0.5, 0.6) is 5.75 Å². The van der Waals surface area contributed by atoms with Crippen LogP contribution in [0.15, 0.2) is 91.0 Å². The molecule has 3 fully saturated rings.